The lowest BCUT2D eigenvalue weighted by Crippen LogP contribution is -2.41. The minimum atomic E-state index is -1.12. The summed E-state index contributed by atoms with van der Waals surface area (Å²) in [6.45, 7) is 2.82. The maximum Gasteiger partial charge on any atom is 0.261 e. The van der Waals surface area contributed by atoms with E-state index in [0.29, 0.717) is 36.7 Å². The molecule has 1 N–H and O–H groups in total. The molecule has 150 valence electrons. The average Bonchev–Trinajstić information content (AvgIpc) is 3.11. The molecule has 1 amide bonds. The van der Waals surface area contributed by atoms with Crippen LogP contribution in [0.15, 0.2) is 59.7 Å². The van der Waals surface area contributed by atoms with Crippen molar-refractivity contribution in [3.8, 4) is 0 Å². The van der Waals surface area contributed by atoms with E-state index in [4.69, 9.17) is 0 Å². The molecule has 0 radical (unpaired) electrons. The summed E-state index contributed by atoms with van der Waals surface area (Å²) in [5.74, 6) is 0.0317. The molecule has 6 nitrogen and oxygen atoms in total. The SMILES string of the molecule is Cc1ccc2c(=O)n(CC3(O)CCN(C(=O)CCc4ccccc4)C3)cnc2c1. The molecule has 0 aliphatic carbocycles. The Bertz CT molecular complexity index is 1090. The Morgan fingerprint density at radius 1 is 1.21 bits per heavy atom. The van der Waals surface area contributed by atoms with E-state index in [1.165, 1.54) is 10.9 Å². The lowest BCUT2D eigenvalue weighted by Gasteiger charge is -2.24. The van der Waals surface area contributed by atoms with Crippen LogP contribution in [0.5, 0.6) is 0 Å². The number of fused-ring (bicyclic) bond motifs is 1. The Labute approximate surface area is 169 Å². The molecule has 29 heavy (non-hydrogen) atoms. The second-order valence-corrected chi connectivity index (χ2v) is 7.97. The third-order valence-corrected chi connectivity index (χ3v) is 5.60. The van der Waals surface area contributed by atoms with Gasteiger partial charge < -0.3 is 10.0 Å². The van der Waals surface area contributed by atoms with Crippen LogP contribution in [0.4, 0.5) is 0 Å². The van der Waals surface area contributed by atoms with Crippen molar-refractivity contribution in [3.05, 3.63) is 76.3 Å². The van der Waals surface area contributed by atoms with Gasteiger partial charge in [-0.1, -0.05) is 36.4 Å². The fourth-order valence-electron chi connectivity index (χ4n) is 3.95. The minimum absolute atomic E-state index is 0.0317. The van der Waals surface area contributed by atoms with Crippen LogP contribution in [0.1, 0.15) is 24.0 Å². The number of carbonyl (C=O) groups is 1. The molecule has 2 heterocycles. The Morgan fingerprint density at radius 2 is 2.00 bits per heavy atom. The molecular formula is C23H25N3O3. The molecule has 1 fully saturated rings. The molecule has 0 bridgehead atoms. The normalized spacial score (nSPS) is 19.0. The summed E-state index contributed by atoms with van der Waals surface area (Å²) in [6.07, 6.45) is 3.03. The zero-order valence-electron chi connectivity index (χ0n) is 16.5. The monoisotopic (exact) mass is 391 g/mol. The van der Waals surface area contributed by atoms with Crippen LogP contribution in [0.3, 0.4) is 0 Å². The van der Waals surface area contributed by atoms with Crippen molar-refractivity contribution in [2.45, 2.75) is 38.3 Å². The maximum absolute atomic E-state index is 12.8. The van der Waals surface area contributed by atoms with Crippen LogP contribution in [0.25, 0.3) is 10.9 Å². The van der Waals surface area contributed by atoms with E-state index < -0.39 is 5.60 Å². The summed E-state index contributed by atoms with van der Waals surface area (Å²) in [5.41, 5.74) is 1.53. The molecule has 6 heteroatoms. The molecule has 1 saturated heterocycles. The molecule has 1 aromatic heterocycles. The largest absolute Gasteiger partial charge is 0.386 e. The zero-order valence-corrected chi connectivity index (χ0v) is 16.5. The number of aryl methyl sites for hydroxylation is 2. The Balaban J connectivity index is 1.43. The van der Waals surface area contributed by atoms with Crippen LogP contribution in [0, 0.1) is 6.92 Å². The maximum atomic E-state index is 12.8. The first-order valence-corrected chi connectivity index (χ1v) is 9.93. The van der Waals surface area contributed by atoms with Crippen LogP contribution in [-0.2, 0) is 17.8 Å². The van der Waals surface area contributed by atoms with Crippen molar-refractivity contribution in [2.24, 2.45) is 0 Å². The number of aromatic nitrogens is 2. The highest BCUT2D eigenvalue weighted by Crippen LogP contribution is 2.24. The van der Waals surface area contributed by atoms with Gasteiger partial charge in [0.05, 0.1) is 30.3 Å². The van der Waals surface area contributed by atoms with Gasteiger partial charge in [-0.05, 0) is 43.0 Å². The fraction of sp³-hybridized carbons (Fsp3) is 0.348. The zero-order chi connectivity index (χ0) is 20.4. The predicted molar refractivity (Wildman–Crippen MR) is 112 cm³/mol. The number of carbonyl (C=O) groups excluding carboxylic acids is 1. The first kappa shape index (κ1) is 19.3. The number of hydrogen-bond acceptors (Lipinski definition) is 4. The van der Waals surface area contributed by atoms with Gasteiger partial charge in [0.2, 0.25) is 5.91 Å². The second kappa shape index (κ2) is 7.79. The smallest absolute Gasteiger partial charge is 0.261 e. The van der Waals surface area contributed by atoms with E-state index in [0.717, 1.165) is 11.1 Å². The number of likely N-dealkylation sites (tertiary alicyclic amines) is 1. The number of amides is 1. The van der Waals surface area contributed by atoms with Crippen molar-refractivity contribution in [1.82, 2.24) is 14.5 Å². The van der Waals surface area contributed by atoms with Gasteiger partial charge >= 0.3 is 0 Å². The summed E-state index contributed by atoms with van der Waals surface area (Å²) in [7, 11) is 0. The van der Waals surface area contributed by atoms with Crippen LogP contribution < -0.4 is 5.56 Å². The molecule has 1 atom stereocenters. The van der Waals surface area contributed by atoms with E-state index in [9.17, 15) is 14.7 Å². The van der Waals surface area contributed by atoms with Crippen molar-refractivity contribution in [2.75, 3.05) is 13.1 Å². The second-order valence-electron chi connectivity index (χ2n) is 7.97. The van der Waals surface area contributed by atoms with Crippen molar-refractivity contribution in [3.63, 3.8) is 0 Å². The summed E-state index contributed by atoms with van der Waals surface area (Å²) in [4.78, 5) is 31.4. The Morgan fingerprint density at radius 3 is 2.79 bits per heavy atom. The Hall–Kier alpha value is -2.99. The lowest BCUT2D eigenvalue weighted by atomic mass is 10.0. The van der Waals surface area contributed by atoms with Gasteiger partial charge in [0.25, 0.3) is 5.56 Å². The predicted octanol–water partition coefficient (Wildman–Crippen LogP) is 2.30. The van der Waals surface area contributed by atoms with Gasteiger partial charge in [-0.3, -0.25) is 14.2 Å². The highest BCUT2D eigenvalue weighted by Gasteiger charge is 2.38. The summed E-state index contributed by atoms with van der Waals surface area (Å²) >= 11 is 0. The van der Waals surface area contributed by atoms with Gasteiger partial charge in [-0.15, -0.1) is 0 Å². The third-order valence-electron chi connectivity index (χ3n) is 5.60. The highest BCUT2D eigenvalue weighted by atomic mass is 16.3. The summed E-state index contributed by atoms with van der Waals surface area (Å²) < 4.78 is 1.45. The number of β-amino-alcohol motifs (C(OH)–C–C–N with tert-alkyl or cyclic N) is 1. The van der Waals surface area contributed by atoms with Crippen LogP contribution in [-0.4, -0.2) is 44.2 Å². The van der Waals surface area contributed by atoms with Gasteiger partial charge in [-0.2, -0.15) is 0 Å². The molecular weight excluding hydrogens is 366 g/mol. The number of nitrogens with zero attached hydrogens (tertiary/aromatic N) is 3. The first-order valence-electron chi connectivity index (χ1n) is 9.93. The number of hydrogen-bond donors (Lipinski definition) is 1. The summed E-state index contributed by atoms with van der Waals surface area (Å²) in [5, 5.41) is 11.5. The van der Waals surface area contributed by atoms with Crippen LogP contribution >= 0.6 is 0 Å². The van der Waals surface area contributed by atoms with Gasteiger partial charge in [0.1, 0.15) is 5.60 Å². The number of rotatable bonds is 5. The standard InChI is InChI=1S/C23H25N3O3/c1-17-7-9-19-20(13-17)24-16-26(22(19)28)15-23(29)11-12-25(14-23)21(27)10-8-18-5-3-2-4-6-18/h2-7,9,13,16,29H,8,10-12,14-15H2,1H3. The van der Waals surface area contributed by atoms with Crippen molar-refractivity contribution < 1.29 is 9.90 Å². The molecule has 4 rings (SSSR count). The quantitative estimate of drug-likeness (QED) is 0.724. The van der Waals surface area contributed by atoms with Gasteiger partial charge in [0.15, 0.2) is 0 Å². The minimum Gasteiger partial charge on any atom is -0.386 e. The number of benzene rings is 2. The van der Waals surface area contributed by atoms with E-state index in [-0.39, 0.29) is 24.6 Å². The van der Waals surface area contributed by atoms with Crippen molar-refractivity contribution >= 4 is 16.8 Å². The lowest BCUT2D eigenvalue weighted by molar-refractivity contribution is -0.131. The molecule has 3 aromatic rings. The average molecular weight is 391 g/mol. The molecule has 0 saturated carbocycles. The third kappa shape index (κ3) is 4.22. The van der Waals surface area contributed by atoms with Gasteiger partial charge in [-0.25, -0.2) is 4.98 Å². The van der Waals surface area contributed by atoms with E-state index in [1.54, 1.807) is 11.0 Å². The summed E-state index contributed by atoms with van der Waals surface area (Å²) in [6, 6.07) is 15.4. The Kier molecular flexibility index (Phi) is 5.20. The highest BCUT2D eigenvalue weighted by molar-refractivity contribution is 5.78. The van der Waals surface area contributed by atoms with E-state index >= 15 is 0 Å². The van der Waals surface area contributed by atoms with E-state index in [1.807, 2.05) is 49.4 Å². The molecule has 1 aliphatic rings. The topological polar surface area (TPSA) is 75.4 Å². The molecule has 2 aromatic carbocycles. The van der Waals surface area contributed by atoms with Crippen LogP contribution in [0.2, 0.25) is 0 Å². The van der Waals surface area contributed by atoms with Gasteiger partial charge in [0, 0.05) is 13.0 Å². The number of aliphatic hydroxyl groups is 1. The molecule has 1 aliphatic heterocycles. The fourth-order valence-corrected chi connectivity index (χ4v) is 3.95. The molecule has 1 unspecified atom stereocenters. The van der Waals surface area contributed by atoms with E-state index in [2.05, 4.69) is 4.98 Å². The first-order chi connectivity index (χ1) is 13.9. The van der Waals surface area contributed by atoms with Crippen molar-refractivity contribution in [1.29, 1.82) is 0 Å². The molecule has 0 spiro atoms.